The van der Waals surface area contributed by atoms with Gasteiger partial charge in [0.15, 0.2) is 0 Å². The Kier molecular flexibility index (Phi) is 4.68. The molecule has 4 rings (SSSR count). The highest BCUT2D eigenvalue weighted by atomic mass is 16.5. The van der Waals surface area contributed by atoms with Crippen LogP contribution in [0.1, 0.15) is 27.2 Å². The van der Waals surface area contributed by atoms with Crippen molar-refractivity contribution in [2.75, 3.05) is 7.11 Å². The summed E-state index contributed by atoms with van der Waals surface area (Å²) < 4.78 is 10.9. The third kappa shape index (κ3) is 3.28. The molecule has 3 aromatic carbocycles. The molecule has 1 N–H and O–H groups in total. The van der Waals surface area contributed by atoms with Crippen LogP contribution in [0.2, 0.25) is 0 Å². The molecule has 0 amide bonds. The molecule has 4 nitrogen and oxygen atoms in total. The third-order valence-corrected chi connectivity index (χ3v) is 4.60. The number of carboxylic acids is 1. The maximum absolute atomic E-state index is 11.8. The van der Waals surface area contributed by atoms with Crippen LogP contribution in [-0.2, 0) is 0 Å². The molecule has 1 aromatic heterocycles. The summed E-state index contributed by atoms with van der Waals surface area (Å²) in [4.78, 5) is 11.8. The van der Waals surface area contributed by atoms with Gasteiger partial charge in [-0.15, -0.1) is 0 Å². The summed E-state index contributed by atoms with van der Waals surface area (Å²) in [7, 11) is 1.62. The number of furan rings is 1. The van der Waals surface area contributed by atoms with Crippen molar-refractivity contribution in [3.63, 3.8) is 0 Å². The van der Waals surface area contributed by atoms with Gasteiger partial charge in [-0.25, -0.2) is 4.79 Å². The third-order valence-electron chi connectivity index (χ3n) is 4.60. The van der Waals surface area contributed by atoms with E-state index in [-0.39, 0.29) is 5.76 Å². The van der Waals surface area contributed by atoms with Crippen LogP contribution < -0.4 is 4.74 Å². The van der Waals surface area contributed by atoms with E-state index >= 15 is 0 Å². The average molecular weight is 370 g/mol. The van der Waals surface area contributed by atoms with Gasteiger partial charge in [-0.2, -0.15) is 0 Å². The van der Waals surface area contributed by atoms with Crippen molar-refractivity contribution in [1.29, 1.82) is 0 Å². The van der Waals surface area contributed by atoms with E-state index in [1.807, 2.05) is 78.9 Å². The largest absolute Gasteiger partial charge is 0.497 e. The second kappa shape index (κ2) is 7.45. The van der Waals surface area contributed by atoms with Gasteiger partial charge in [0.2, 0.25) is 5.76 Å². The number of ether oxygens (including phenoxy) is 1. The van der Waals surface area contributed by atoms with E-state index < -0.39 is 5.97 Å². The number of benzene rings is 3. The zero-order valence-corrected chi connectivity index (χ0v) is 15.3. The summed E-state index contributed by atoms with van der Waals surface area (Å²) in [5.41, 5.74) is 3.94. The predicted molar refractivity (Wildman–Crippen MR) is 110 cm³/mol. The number of hydrogen-bond donors (Lipinski definition) is 1. The van der Waals surface area contributed by atoms with E-state index in [1.54, 1.807) is 13.2 Å². The number of aromatic carboxylic acids is 1. The first-order valence-electron chi connectivity index (χ1n) is 8.84. The average Bonchev–Trinajstić information content (AvgIpc) is 3.11. The summed E-state index contributed by atoms with van der Waals surface area (Å²) >= 11 is 0. The molecule has 28 heavy (non-hydrogen) atoms. The fourth-order valence-electron chi connectivity index (χ4n) is 3.23. The topological polar surface area (TPSA) is 59.7 Å². The number of hydrogen-bond acceptors (Lipinski definition) is 3. The van der Waals surface area contributed by atoms with Crippen LogP contribution in [-0.4, -0.2) is 18.2 Å². The highest BCUT2D eigenvalue weighted by Crippen LogP contribution is 2.33. The number of methoxy groups -OCH3 is 1. The standard InChI is InChI=1S/C24H18O4/c1-27-18-13-11-17(12-14-18)20(16-7-3-2-4-8-16)15-21-19-9-5-6-10-22(19)28-23(21)24(25)26/h2-15H,1H3,(H,25,26)/b20-15+. The van der Waals surface area contributed by atoms with Crippen LogP contribution in [0, 0.1) is 0 Å². The lowest BCUT2D eigenvalue weighted by molar-refractivity contribution is 0.0664. The first-order valence-corrected chi connectivity index (χ1v) is 8.84. The molecule has 0 unspecified atom stereocenters. The molecule has 0 fully saturated rings. The minimum atomic E-state index is -1.09. The number of rotatable bonds is 5. The zero-order valence-electron chi connectivity index (χ0n) is 15.3. The Morgan fingerprint density at radius 2 is 1.54 bits per heavy atom. The van der Waals surface area contributed by atoms with Gasteiger partial charge >= 0.3 is 5.97 Å². The first-order chi connectivity index (χ1) is 13.7. The molecule has 0 saturated heterocycles. The second-order valence-electron chi connectivity index (χ2n) is 6.30. The molecule has 138 valence electrons. The Morgan fingerprint density at radius 3 is 2.21 bits per heavy atom. The number of fused-ring (bicyclic) bond motifs is 1. The van der Waals surface area contributed by atoms with E-state index in [9.17, 15) is 9.90 Å². The van der Waals surface area contributed by atoms with Gasteiger partial charge in [0.1, 0.15) is 11.3 Å². The van der Waals surface area contributed by atoms with Crippen LogP contribution in [0.4, 0.5) is 0 Å². The van der Waals surface area contributed by atoms with Gasteiger partial charge in [-0.05, 0) is 41.0 Å². The molecule has 1 heterocycles. The van der Waals surface area contributed by atoms with Crippen molar-refractivity contribution in [3.05, 3.63) is 101 Å². The Hall–Kier alpha value is -3.79. The summed E-state index contributed by atoms with van der Waals surface area (Å²) in [6, 6.07) is 24.9. The molecule has 0 spiro atoms. The Morgan fingerprint density at radius 1 is 0.893 bits per heavy atom. The lowest BCUT2D eigenvalue weighted by Gasteiger charge is -2.10. The summed E-state index contributed by atoms with van der Waals surface area (Å²) in [5, 5.41) is 10.4. The highest BCUT2D eigenvalue weighted by molar-refractivity contribution is 6.04. The molecular formula is C24H18O4. The summed E-state index contributed by atoms with van der Waals surface area (Å²) in [5.74, 6) is -0.399. The molecule has 0 saturated carbocycles. The monoisotopic (exact) mass is 370 g/mol. The van der Waals surface area contributed by atoms with Gasteiger partial charge in [0.05, 0.1) is 7.11 Å². The van der Waals surface area contributed by atoms with Crippen LogP contribution in [0.5, 0.6) is 5.75 Å². The molecule has 4 heteroatoms. The molecule has 0 bridgehead atoms. The van der Waals surface area contributed by atoms with E-state index in [2.05, 4.69) is 0 Å². The van der Waals surface area contributed by atoms with Crippen molar-refractivity contribution >= 4 is 28.6 Å². The van der Waals surface area contributed by atoms with Gasteiger partial charge in [-0.3, -0.25) is 0 Å². The van der Waals surface area contributed by atoms with Crippen molar-refractivity contribution < 1.29 is 19.1 Å². The predicted octanol–water partition coefficient (Wildman–Crippen LogP) is 5.73. The maximum atomic E-state index is 11.8. The maximum Gasteiger partial charge on any atom is 0.372 e. The van der Waals surface area contributed by atoms with Crippen LogP contribution in [0.15, 0.2) is 83.3 Å². The number of carboxylic acid groups (broad SMARTS) is 1. The summed E-state index contributed by atoms with van der Waals surface area (Å²) in [6.45, 7) is 0. The van der Waals surface area contributed by atoms with Crippen LogP contribution in [0.25, 0.3) is 22.6 Å². The molecule has 0 atom stereocenters. The van der Waals surface area contributed by atoms with E-state index in [1.165, 1.54) is 0 Å². The fraction of sp³-hybridized carbons (Fsp3) is 0.0417. The first kappa shape index (κ1) is 17.6. The van der Waals surface area contributed by atoms with E-state index in [0.29, 0.717) is 11.1 Å². The molecule has 4 aromatic rings. The SMILES string of the molecule is COc1ccc(/C(=C/c2c(C(=O)O)oc3ccccc23)c2ccccc2)cc1. The molecule has 0 aliphatic carbocycles. The second-order valence-corrected chi connectivity index (χ2v) is 6.30. The van der Waals surface area contributed by atoms with Gasteiger partial charge < -0.3 is 14.3 Å². The normalized spacial score (nSPS) is 11.5. The molecule has 0 radical (unpaired) electrons. The van der Waals surface area contributed by atoms with Crippen molar-refractivity contribution in [3.8, 4) is 5.75 Å². The molecule has 0 aliphatic heterocycles. The minimum Gasteiger partial charge on any atom is -0.497 e. The number of para-hydroxylation sites is 1. The van der Waals surface area contributed by atoms with Crippen molar-refractivity contribution in [2.24, 2.45) is 0 Å². The molecular weight excluding hydrogens is 352 g/mol. The van der Waals surface area contributed by atoms with Crippen molar-refractivity contribution in [2.45, 2.75) is 0 Å². The van der Waals surface area contributed by atoms with Gasteiger partial charge in [0.25, 0.3) is 0 Å². The van der Waals surface area contributed by atoms with E-state index in [4.69, 9.17) is 9.15 Å². The highest BCUT2D eigenvalue weighted by Gasteiger charge is 2.19. The Bertz CT molecular complexity index is 1150. The minimum absolute atomic E-state index is 0.0665. The lowest BCUT2D eigenvalue weighted by Crippen LogP contribution is -1.97. The van der Waals surface area contributed by atoms with Gasteiger partial charge in [0, 0.05) is 10.9 Å². The Balaban J connectivity index is 1.97. The van der Waals surface area contributed by atoms with Gasteiger partial charge in [-0.1, -0.05) is 60.7 Å². The molecule has 0 aliphatic rings. The Labute approximate surface area is 162 Å². The van der Waals surface area contributed by atoms with Crippen molar-refractivity contribution in [1.82, 2.24) is 0 Å². The fourth-order valence-corrected chi connectivity index (χ4v) is 3.23. The van der Waals surface area contributed by atoms with E-state index in [0.717, 1.165) is 27.8 Å². The number of carbonyl (C=O) groups is 1. The van der Waals surface area contributed by atoms with Crippen LogP contribution >= 0.6 is 0 Å². The summed E-state index contributed by atoms with van der Waals surface area (Å²) in [6.07, 6.45) is 1.88. The quantitative estimate of drug-likeness (QED) is 0.487. The lowest BCUT2D eigenvalue weighted by atomic mass is 9.95. The zero-order chi connectivity index (χ0) is 19.5. The smallest absolute Gasteiger partial charge is 0.372 e. The van der Waals surface area contributed by atoms with Crippen LogP contribution in [0.3, 0.4) is 0 Å².